The molecular formula is C27H25N5O2. The van der Waals surface area contributed by atoms with Gasteiger partial charge in [0.25, 0.3) is 5.91 Å². The van der Waals surface area contributed by atoms with E-state index in [-0.39, 0.29) is 11.8 Å². The van der Waals surface area contributed by atoms with Crippen molar-refractivity contribution in [1.29, 1.82) is 0 Å². The molecule has 5 aromatic rings. The summed E-state index contributed by atoms with van der Waals surface area (Å²) in [5.74, 6) is 0.666. The van der Waals surface area contributed by atoms with E-state index in [0.29, 0.717) is 24.0 Å². The highest BCUT2D eigenvalue weighted by Gasteiger charge is 2.27. The highest BCUT2D eigenvalue weighted by Crippen LogP contribution is 2.26. The number of benzene rings is 2. The summed E-state index contributed by atoms with van der Waals surface area (Å²) in [5, 5.41) is 8.24. The van der Waals surface area contributed by atoms with Gasteiger partial charge < -0.3 is 14.4 Å². The van der Waals surface area contributed by atoms with E-state index in [1.54, 1.807) is 12.4 Å². The molecule has 2 aromatic carbocycles. The highest BCUT2D eigenvalue weighted by atomic mass is 16.5. The van der Waals surface area contributed by atoms with Crippen molar-refractivity contribution in [3.8, 4) is 11.4 Å². The molecule has 3 aromatic heterocycles. The number of rotatable bonds is 7. The number of fused-ring (bicyclic) bond motifs is 1. The minimum atomic E-state index is -0.436. The van der Waals surface area contributed by atoms with Crippen molar-refractivity contribution < 1.29 is 9.32 Å². The van der Waals surface area contributed by atoms with Gasteiger partial charge in [-0.3, -0.25) is 9.78 Å². The van der Waals surface area contributed by atoms with Crippen molar-refractivity contribution >= 4 is 16.8 Å². The Bertz CT molecular complexity index is 1410. The highest BCUT2D eigenvalue weighted by molar-refractivity contribution is 5.99. The third-order valence-corrected chi connectivity index (χ3v) is 5.81. The molecule has 0 bridgehead atoms. The molecule has 7 heteroatoms. The van der Waals surface area contributed by atoms with Gasteiger partial charge in [-0.15, -0.1) is 0 Å². The van der Waals surface area contributed by atoms with Crippen molar-refractivity contribution in [2.75, 3.05) is 0 Å². The number of pyridine rings is 1. The Hall–Kier alpha value is -4.26. The van der Waals surface area contributed by atoms with Crippen molar-refractivity contribution in [3.05, 3.63) is 102 Å². The first-order valence-corrected chi connectivity index (χ1v) is 11.3. The van der Waals surface area contributed by atoms with E-state index in [0.717, 1.165) is 22.0 Å². The van der Waals surface area contributed by atoms with Crippen molar-refractivity contribution in [2.24, 2.45) is 5.92 Å². The topological polar surface area (TPSA) is 85.8 Å². The summed E-state index contributed by atoms with van der Waals surface area (Å²) in [6, 6.07) is 23.3. The second kappa shape index (κ2) is 9.31. The lowest BCUT2D eigenvalue weighted by Gasteiger charge is -2.19. The van der Waals surface area contributed by atoms with E-state index in [1.165, 1.54) is 0 Å². The van der Waals surface area contributed by atoms with E-state index >= 15 is 0 Å². The van der Waals surface area contributed by atoms with E-state index in [9.17, 15) is 4.79 Å². The van der Waals surface area contributed by atoms with Gasteiger partial charge >= 0.3 is 0 Å². The molecule has 1 unspecified atom stereocenters. The van der Waals surface area contributed by atoms with E-state index in [2.05, 4.69) is 32.6 Å². The Balaban J connectivity index is 1.46. The zero-order chi connectivity index (χ0) is 23.5. The SMILES string of the molecule is CC(C)C(NC(=O)c1cc2ccccc2n1Cc1ccccc1)c1nc(-c2cccnc2)no1. The molecule has 0 saturated heterocycles. The predicted octanol–water partition coefficient (Wildman–Crippen LogP) is 5.26. The third kappa shape index (κ3) is 4.32. The molecule has 0 aliphatic carbocycles. The van der Waals surface area contributed by atoms with Gasteiger partial charge in [0.2, 0.25) is 11.7 Å². The normalized spacial score (nSPS) is 12.2. The average Bonchev–Trinajstić information content (AvgIpc) is 3.49. The first-order chi connectivity index (χ1) is 16.6. The van der Waals surface area contributed by atoms with Gasteiger partial charge in [-0.1, -0.05) is 67.5 Å². The quantitative estimate of drug-likeness (QED) is 0.365. The maximum Gasteiger partial charge on any atom is 0.268 e. The van der Waals surface area contributed by atoms with Gasteiger partial charge in [0.15, 0.2) is 0 Å². The van der Waals surface area contributed by atoms with Crippen LogP contribution in [-0.4, -0.2) is 25.6 Å². The fourth-order valence-corrected chi connectivity index (χ4v) is 4.04. The summed E-state index contributed by atoms with van der Waals surface area (Å²) in [6.07, 6.45) is 3.37. The molecule has 7 nitrogen and oxygen atoms in total. The van der Waals surface area contributed by atoms with Gasteiger partial charge in [-0.05, 0) is 35.7 Å². The third-order valence-electron chi connectivity index (χ3n) is 5.81. The van der Waals surface area contributed by atoms with Crippen LogP contribution in [-0.2, 0) is 6.54 Å². The number of carbonyl (C=O) groups excluding carboxylic acids is 1. The van der Waals surface area contributed by atoms with E-state index < -0.39 is 6.04 Å². The molecule has 170 valence electrons. The van der Waals surface area contributed by atoms with Crippen LogP contribution in [0.1, 0.15) is 41.8 Å². The van der Waals surface area contributed by atoms with Gasteiger partial charge in [-0.25, -0.2) is 0 Å². The summed E-state index contributed by atoms with van der Waals surface area (Å²) in [5.41, 5.74) is 3.47. The molecule has 1 atom stereocenters. The minimum Gasteiger partial charge on any atom is -0.339 e. The standard InChI is InChI=1S/C27H25N5O2/c1-18(2)24(27-30-25(31-34-27)21-12-8-14-28-16-21)29-26(33)23-15-20-11-6-7-13-22(20)32(23)17-19-9-4-3-5-10-19/h3-16,18,24H,17H2,1-2H3,(H,29,33). The lowest BCUT2D eigenvalue weighted by Crippen LogP contribution is -2.33. The lowest BCUT2D eigenvalue weighted by molar-refractivity contribution is 0.0905. The van der Waals surface area contributed by atoms with Crippen molar-refractivity contribution in [3.63, 3.8) is 0 Å². The first-order valence-electron chi connectivity index (χ1n) is 11.3. The molecule has 0 spiro atoms. The van der Waals surface area contributed by atoms with Crippen molar-refractivity contribution in [1.82, 2.24) is 25.0 Å². The smallest absolute Gasteiger partial charge is 0.268 e. The lowest BCUT2D eigenvalue weighted by atomic mass is 10.0. The Labute approximate surface area is 197 Å². The van der Waals surface area contributed by atoms with Crippen LogP contribution < -0.4 is 5.32 Å². The molecule has 0 radical (unpaired) electrons. The van der Waals surface area contributed by atoms with E-state index in [4.69, 9.17) is 4.52 Å². The molecule has 0 aliphatic heterocycles. The molecule has 5 rings (SSSR count). The number of nitrogens with one attached hydrogen (secondary N) is 1. The predicted molar refractivity (Wildman–Crippen MR) is 130 cm³/mol. The van der Waals surface area contributed by atoms with Crippen LogP contribution in [0, 0.1) is 5.92 Å². The molecular weight excluding hydrogens is 426 g/mol. The molecule has 0 saturated carbocycles. The van der Waals surface area contributed by atoms with Gasteiger partial charge in [-0.2, -0.15) is 4.98 Å². The number of carbonyl (C=O) groups is 1. The van der Waals surface area contributed by atoms with Gasteiger partial charge in [0.05, 0.1) is 0 Å². The summed E-state index contributed by atoms with van der Waals surface area (Å²) in [4.78, 5) is 22.2. The van der Waals surface area contributed by atoms with Crippen LogP contribution in [0.3, 0.4) is 0 Å². The second-order valence-corrected chi connectivity index (χ2v) is 8.55. The largest absolute Gasteiger partial charge is 0.339 e. The van der Waals surface area contributed by atoms with Crippen LogP contribution in [0.2, 0.25) is 0 Å². The number of aromatic nitrogens is 4. The van der Waals surface area contributed by atoms with Crippen LogP contribution in [0.25, 0.3) is 22.3 Å². The fraction of sp³-hybridized carbons (Fsp3) is 0.185. The Kier molecular flexibility index (Phi) is 5.91. The molecule has 34 heavy (non-hydrogen) atoms. The monoisotopic (exact) mass is 451 g/mol. The maximum atomic E-state index is 13.6. The number of hydrogen-bond donors (Lipinski definition) is 1. The van der Waals surface area contributed by atoms with Gasteiger partial charge in [0, 0.05) is 35.4 Å². The summed E-state index contributed by atoms with van der Waals surface area (Å²) < 4.78 is 7.60. The zero-order valence-electron chi connectivity index (χ0n) is 19.1. The van der Waals surface area contributed by atoms with Gasteiger partial charge in [0.1, 0.15) is 11.7 Å². The Morgan fingerprint density at radius 3 is 2.59 bits per heavy atom. The maximum absolute atomic E-state index is 13.6. The molecule has 0 fully saturated rings. The number of para-hydroxylation sites is 1. The van der Waals surface area contributed by atoms with Crippen LogP contribution >= 0.6 is 0 Å². The first kappa shape index (κ1) is 21.6. The number of nitrogens with zero attached hydrogens (tertiary/aromatic N) is 4. The number of amides is 1. The minimum absolute atomic E-state index is 0.0399. The number of hydrogen-bond acceptors (Lipinski definition) is 5. The fourth-order valence-electron chi connectivity index (χ4n) is 4.04. The Morgan fingerprint density at radius 1 is 1.03 bits per heavy atom. The van der Waals surface area contributed by atoms with Crippen LogP contribution in [0.5, 0.6) is 0 Å². The zero-order valence-corrected chi connectivity index (χ0v) is 19.1. The molecule has 3 heterocycles. The van der Waals surface area contributed by atoms with Crippen LogP contribution in [0.4, 0.5) is 0 Å². The summed E-state index contributed by atoms with van der Waals surface area (Å²) in [7, 11) is 0. The molecule has 1 amide bonds. The second-order valence-electron chi connectivity index (χ2n) is 8.55. The molecule has 1 N–H and O–H groups in total. The average molecular weight is 452 g/mol. The van der Waals surface area contributed by atoms with E-state index in [1.807, 2.05) is 79.1 Å². The summed E-state index contributed by atoms with van der Waals surface area (Å²) in [6.45, 7) is 4.62. The van der Waals surface area contributed by atoms with Crippen LogP contribution in [0.15, 0.2) is 89.7 Å². The summed E-state index contributed by atoms with van der Waals surface area (Å²) >= 11 is 0. The molecule has 0 aliphatic rings. The van der Waals surface area contributed by atoms with Crippen molar-refractivity contribution in [2.45, 2.75) is 26.4 Å². The Morgan fingerprint density at radius 2 is 1.82 bits per heavy atom.